The molecule has 0 radical (unpaired) electrons. The van der Waals surface area contributed by atoms with Gasteiger partial charge in [0.05, 0.1) is 0 Å². The molecule has 0 bridgehead atoms. The van der Waals surface area contributed by atoms with E-state index < -0.39 is 0 Å². The molecule has 26 heavy (non-hydrogen) atoms. The number of rotatable bonds is 3. The molecule has 0 aliphatic carbocycles. The van der Waals surface area contributed by atoms with Crippen molar-refractivity contribution in [2.75, 3.05) is 6.61 Å². The number of benzene rings is 2. The number of hydrogen-bond donors (Lipinski definition) is 0. The normalized spacial score (nSPS) is 16.1. The van der Waals surface area contributed by atoms with Crippen LogP contribution in [0.2, 0.25) is 5.02 Å². The minimum atomic E-state index is -0.342. The summed E-state index contributed by atoms with van der Waals surface area (Å²) < 4.78 is 13.6. The Labute approximate surface area is 158 Å². The minimum absolute atomic E-state index is 0.342. The zero-order valence-corrected chi connectivity index (χ0v) is 15.1. The molecular formula is C18H13ClN4O2S. The first kappa shape index (κ1) is 15.6. The Balaban J connectivity index is 1.43. The van der Waals surface area contributed by atoms with Crippen LogP contribution in [0.25, 0.3) is 4.96 Å². The summed E-state index contributed by atoms with van der Waals surface area (Å²) in [6, 6.07) is 15.4. The van der Waals surface area contributed by atoms with Gasteiger partial charge in [-0.25, -0.2) is 0 Å². The van der Waals surface area contributed by atoms with E-state index in [4.69, 9.17) is 21.1 Å². The number of fused-ring (bicyclic) bond motifs is 2. The molecule has 1 aliphatic rings. The fraction of sp³-hybridized carbons (Fsp3) is 0.167. The van der Waals surface area contributed by atoms with E-state index in [-0.39, 0.29) is 6.10 Å². The van der Waals surface area contributed by atoms with Crippen molar-refractivity contribution in [1.82, 2.24) is 19.8 Å². The van der Waals surface area contributed by atoms with Crippen LogP contribution in [0.4, 0.5) is 0 Å². The van der Waals surface area contributed by atoms with Gasteiger partial charge in [-0.3, -0.25) is 0 Å². The second-order valence-corrected chi connectivity index (χ2v) is 7.39. The highest BCUT2D eigenvalue weighted by atomic mass is 35.5. The van der Waals surface area contributed by atoms with E-state index in [1.54, 1.807) is 4.52 Å². The quantitative estimate of drug-likeness (QED) is 0.535. The average molecular weight is 385 g/mol. The predicted molar refractivity (Wildman–Crippen MR) is 98.2 cm³/mol. The van der Waals surface area contributed by atoms with Crippen LogP contribution in [0.15, 0.2) is 48.5 Å². The topological polar surface area (TPSA) is 61.5 Å². The number of para-hydroxylation sites is 2. The number of nitrogens with zero attached hydrogens (tertiary/aromatic N) is 4. The molecule has 1 aliphatic heterocycles. The molecule has 130 valence electrons. The van der Waals surface area contributed by atoms with Gasteiger partial charge in [0.25, 0.3) is 0 Å². The molecule has 6 nitrogen and oxygen atoms in total. The van der Waals surface area contributed by atoms with E-state index in [0.717, 1.165) is 32.7 Å². The summed E-state index contributed by atoms with van der Waals surface area (Å²) in [5.74, 6) is 2.09. The molecule has 0 amide bonds. The van der Waals surface area contributed by atoms with Crippen molar-refractivity contribution < 1.29 is 9.47 Å². The second-order valence-electron chi connectivity index (χ2n) is 5.92. The molecule has 1 atom stereocenters. The molecule has 0 fully saturated rings. The summed E-state index contributed by atoms with van der Waals surface area (Å²) in [7, 11) is 0. The first-order valence-corrected chi connectivity index (χ1v) is 9.30. The lowest BCUT2D eigenvalue weighted by Gasteiger charge is -2.24. The van der Waals surface area contributed by atoms with Crippen LogP contribution in [-0.4, -0.2) is 26.4 Å². The molecule has 2 aromatic heterocycles. The Kier molecular flexibility index (Phi) is 3.76. The summed E-state index contributed by atoms with van der Waals surface area (Å²) in [6.45, 7) is 0.377. The molecule has 0 saturated carbocycles. The first-order valence-electron chi connectivity index (χ1n) is 8.10. The first-order chi connectivity index (χ1) is 12.8. The minimum Gasteiger partial charge on any atom is -0.485 e. The van der Waals surface area contributed by atoms with Gasteiger partial charge in [-0.05, 0) is 29.8 Å². The highest BCUT2D eigenvalue weighted by molar-refractivity contribution is 7.16. The lowest BCUT2D eigenvalue weighted by Crippen LogP contribution is -2.23. The van der Waals surface area contributed by atoms with E-state index in [1.165, 1.54) is 11.3 Å². The molecular weight excluding hydrogens is 372 g/mol. The van der Waals surface area contributed by atoms with Crippen LogP contribution in [0.1, 0.15) is 22.5 Å². The van der Waals surface area contributed by atoms with Gasteiger partial charge in [0.2, 0.25) is 4.96 Å². The van der Waals surface area contributed by atoms with Crippen molar-refractivity contribution in [3.05, 3.63) is 69.9 Å². The summed E-state index contributed by atoms with van der Waals surface area (Å²) >= 11 is 7.46. The van der Waals surface area contributed by atoms with E-state index in [1.807, 2.05) is 48.5 Å². The Morgan fingerprint density at radius 3 is 2.73 bits per heavy atom. The van der Waals surface area contributed by atoms with Crippen LogP contribution in [0.5, 0.6) is 11.5 Å². The van der Waals surface area contributed by atoms with Gasteiger partial charge in [0, 0.05) is 11.4 Å². The molecule has 0 N–H and O–H groups in total. The van der Waals surface area contributed by atoms with Gasteiger partial charge in [-0.1, -0.05) is 47.2 Å². The van der Waals surface area contributed by atoms with Gasteiger partial charge in [0.1, 0.15) is 11.6 Å². The van der Waals surface area contributed by atoms with Crippen molar-refractivity contribution in [3.63, 3.8) is 0 Å². The highest BCUT2D eigenvalue weighted by Crippen LogP contribution is 2.35. The average Bonchev–Trinajstić information content (AvgIpc) is 3.23. The number of aromatic nitrogens is 4. The van der Waals surface area contributed by atoms with Crippen molar-refractivity contribution in [2.45, 2.75) is 12.5 Å². The smallest absolute Gasteiger partial charge is 0.234 e. The molecule has 5 rings (SSSR count). The molecule has 0 spiro atoms. The van der Waals surface area contributed by atoms with Crippen LogP contribution in [-0.2, 0) is 6.42 Å². The third-order valence-corrected chi connectivity index (χ3v) is 5.27. The van der Waals surface area contributed by atoms with Gasteiger partial charge in [0.15, 0.2) is 23.4 Å². The van der Waals surface area contributed by atoms with E-state index in [0.29, 0.717) is 18.2 Å². The third kappa shape index (κ3) is 2.79. The maximum atomic E-state index is 6.03. The zero-order chi connectivity index (χ0) is 17.5. The van der Waals surface area contributed by atoms with Crippen molar-refractivity contribution in [3.8, 4) is 11.5 Å². The van der Waals surface area contributed by atoms with E-state index in [9.17, 15) is 0 Å². The summed E-state index contributed by atoms with van der Waals surface area (Å²) in [6.07, 6.45) is 0.376. The fourth-order valence-electron chi connectivity index (χ4n) is 2.87. The molecule has 2 aromatic carbocycles. The molecule has 0 saturated heterocycles. The van der Waals surface area contributed by atoms with Gasteiger partial charge >= 0.3 is 0 Å². The number of halogens is 1. The van der Waals surface area contributed by atoms with Crippen LogP contribution in [0.3, 0.4) is 0 Å². The Morgan fingerprint density at radius 2 is 1.88 bits per heavy atom. The lowest BCUT2D eigenvalue weighted by atomic mass is 10.2. The summed E-state index contributed by atoms with van der Waals surface area (Å²) in [4.78, 5) is 0.742. The van der Waals surface area contributed by atoms with Crippen molar-refractivity contribution in [1.29, 1.82) is 0 Å². The van der Waals surface area contributed by atoms with Crippen LogP contribution >= 0.6 is 22.9 Å². The largest absolute Gasteiger partial charge is 0.485 e. The summed E-state index contributed by atoms with van der Waals surface area (Å²) in [5.41, 5.74) is 1.15. The summed E-state index contributed by atoms with van der Waals surface area (Å²) in [5, 5.41) is 14.8. The van der Waals surface area contributed by atoms with Gasteiger partial charge < -0.3 is 9.47 Å². The fourth-order valence-corrected chi connectivity index (χ4v) is 3.87. The number of hydrogen-bond acceptors (Lipinski definition) is 6. The predicted octanol–water partition coefficient (Wildman–Crippen LogP) is 3.94. The zero-order valence-electron chi connectivity index (χ0n) is 13.5. The lowest BCUT2D eigenvalue weighted by molar-refractivity contribution is 0.0836. The molecule has 1 unspecified atom stereocenters. The van der Waals surface area contributed by atoms with E-state index in [2.05, 4.69) is 15.3 Å². The van der Waals surface area contributed by atoms with Crippen molar-refractivity contribution in [2.24, 2.45) is 0 Å². The van der Waals surface area contributed by atoms with Crippen molar-refractivity contribution >= 4 is 27.9 Å². The number of ether oxygens (including phenoxy) is 2. The Hall–Kier alpha value is -2.64. The SMILES string of the molecule is Clc1ccc(Cc2nn3c(C4COc5ccccc5O4)nnc3s2)cc1. The van der Waals surface area contributed by atoms with Gasteiger partial charge in [-0.15, -0.1) is 10.2 Å². The Bertz CT molecular complexity index is 1080. The van der Waals surface area contributed by atoms with Crippen LogP contribution < -0.4 is 9.47 Å². The second kappa shape index (κ2) is 6.26. The molecule has 8 heteroatoms. The van der Waals surface area contributed by atoms with E-state index >= 15 is 0 Å². The monoisotopic (exact) mass is 384 g/mol. The standard InChI is InChI=1S/C18H13ClN4O2S/c19-12-7-5-11(6-8-12)9-16-22-23-17(20-21-18(23)26-16)15-10-24-13-3-1-2-4-14(13)25-15/h1-8,15H,9-10H2. The maximum absolute atomic E-state index is 6.03. The molecule has 3 heterocycles. The Morgan fingerprint density at radius 1 is 1.08 bits per heavy atom. The maximum Gasteiger partial charge on any atom is 0.234 e. The third-order valence-electron chi connectivity index (χ3n) is 4.12. The molecule has 4 aromatic rings. The van der Waals surface area contributed by atoms with Gasteiger partial charge in [-0.2, -0.15) is 9.61 Å². The van der Waals surface area contributed by atoms with Crippen LogP contribution in [0, 0.1) is 0 Å². The highest BCUT2D eigenvalue weighted by Gasteiger charge is 2.28.